The molecule has 0 fully saturated rings. The van der Waals surface area contributed by atoms with Crippen molar-refractivity contribution in [2.45, 2.75) is 17.9 Å². The van der Waals surface area contributed by atoms with Gasteiger partial charge in [-0.2, -0.15) is 9.57 Å². The summed E-state index contributed by atoms with van der Waals surface area (Å²) in [5.41, 5.74) is 1.18. The Morgan fingerprint density at radius 2 is 1.96 bits per heavy atom. The van der Waals surface area contributed by atoms with Crippen LogP contribution in [0, 0.1) is 11.3 Å². The smallest absolute Gasteiger partial charge is 0.239 e. The molecule has 7 heteroatoms. The fraction of sp³-hybridized carbons (Fsp3) is 0.176. The minimum absolute atomic E-state index is 0.108. The van der Waals surface area contributed by atoms with Gasteiger partial charge in [-0.3, -0.25) is 0 Å². The molecule has 1 atom stereocenters. The van der Waals surface area contributed by atoms with Crippen molar-refractivity contribution in [3.63, 3.8) is 0 Å². The maximum atomic E-state index is 12.8. The van der Waals surface area contributed by atoms with Gasteiger partial charge < -0.3 is 0 Å². The number of benzene rings is 2. The van der Waals surface area contributed by atoms with Gasteiger partial charge in [0.2, 0.25) is 10.0 Å². The number of aromatic nitrogens is 1. The van der Waals surface area contributed by atoms with Crippen LogP contribution in [-0.2, 0) is 10.0 Å². The first kappa shape index (κ1) is 16.6. The summed E-state index contributed by atoms with van der Waals surface area (Å²) in [4.78, 5) is 4.64. The zero-order valence-electron chi connectivity index (χ0n) is 13.2. The van der Waals surface area contributed by atoms with Gasteiger partial charge in [0, 0.05) is 7.05 Å². The largest absolute Gasteiger partial charge is 0.243 e. The van der Waals surface area contributed by atoms with E-state index in [9.17, 15) is 8.42 Å². The monoisotopic (exact) mass is 357 g/mol. The van der Waals surface area contributed by atoms with Gasteiger partial charge in [0.25, 0.3) is 0 Å². The molecule has 1 unspecified atom stereocenters. The Kier molecular flexibility index (Phi) is 4.37. The maximum absolute atomic E-state index is 12.8. The van der Waals surface area contributed by atoms with Gasteiger partial charge in [-0.15, -0.1) is 11.3 Å². The number of hydrogen-bond acceptors (Lipinski definition) is 5. The van der Waals surface area contributed by atoms with Crippen LogP contribution in [0.1, 0.15) is 23.5 Å². The lowest BCUT2D eigenvalue weighted by Crippen LogP contribution is -2.29. The number of sulfonamides is 1. The lowest BCUT2D eigenvalue weighted by molar-refractivity contribution is 0.397. The number of para-hydroxylation sites is 1. The van der Waals surface area contributed by atoms with E-state index < -0.39 is 16.1 Å². The molecule has 0 saturated carbocycles. The summed E-state index contributed by atoms with van der Waals surface area (Å²) in [6.07, 6.45) is 0. The van der Waals surface area contributed by atoms with Gasteiger partial charge in [0.05, 0.1) is 32.8 Å². The topological polar surface area (TPSA) is 74.1 Å². The van der Waals surface area contributed by atoms with Crippen LogP contribution in [0.5, 0.6) is 0 Å². The molecule has 1 heterocycles. The predicted molar refractivity (Wildman–Crippen MR) is 94.1 cm³/mol. The van der Waals surface area contributed by atoms with Crippen molar-refractivity contribution in [1.82, 2.24) is 9.29 Å². The molecule has 0 saturated heterocycles. The third kappa shape index (κ3) is 2.91. The third-order valence-corrected chi connectivity index (χ3v) is 6.98. The predicted octanol–water partition coefficient (Wildman–Crippen LogP) is 3.55. The van der Waals surface area contributed by atoms with E-state index in [0.717, 1.165) is 15.2 Å². The van der Waals surface area contributed by atoms with E-state index in [-0.39, 0.29) is 4.90 Å². The van der Waals surface area contributed by atoms with Crippen molar-refractivity contribution < 1.29 is 8.42 Å². The quantitative estimate of drug-likeness (QED) is 0.716. The average molecular weight is 357 g/mol. The highest BCUT2D eigenvalue weighted by molar-refractivity contribution is 7.89. The Morgan fingerprint density at radius 1 is 1.21 bits per heavy atom. The number of fused-ring (bicyclic) bond motifs is 1. The molecule has 3 rings (SSSR count). The number of nitriles is 1. The number of thiazole rings is 1. The summed E-state index contributed by atoms with van der Waals surface area (Å²) >= 11 is 1.48. The summed E-state index contributed by atoms with van der Waals surface area (Å²) in [5, 5.41) is 9.70. The molecule has 0 aliphatic heterocycles. The minimum Gasteiger partial charge on any atom is -0.239 e. The molecule has 1 aromatic heterocycles. The van der Waals surface area contributed by atoms with Crippen molar-refractivity contribution in [2.75, 3.05) is 7.05 Å². The highest BCUT2D eigenvalue weighted by Crippen LogP contribution is 2.31. The molecule has 0 bridgehead atoms. The van der Waals surface area contributed by atoms with E-state index in [0.29, 0.717) is 5.56 Å². The molecule has 5 nitrogen and oxygen atoms in total. The molecule has 0 aliphatic rings. The van der Waals surface area contributed by atoms with Crippen LogP contribution in [0.2, 0.25) is 0 Å². The zero-order valence-corrected chi connectivity index (χ0v) is 14.8. The molecule has 3 aromatic rings. The molecule has 2 aromatic carbocycles. The Balaban J connectivity index is 1.96. The zero-order chi connectivity index (χ0) is 17.3. The lowest BCUT2D eigenvalue weighted by atomic mass is 10.2. The second-order valence-electron chi connectivity index (χ2n) is 5.36. The number of hydrogen-bond donors (Lipinski definition) is 0. The second-order valence-corrected chi connectivity index (χ2v) is 8.42. The van der Waals surface area contributed by atoms with Crippen LogP contribution in [0.25, 0.3) is 10.2 Å². The average Bonchev–Trinajstić information content (AvgIpc) is 3.04. The summed E-state index contributed by atoms with van der Waals surface area (Å²) in [7, 11) is -2.17. The van der Waals surface area contributed by atoms with Crippen LogP contribution in [0.4, 0.5) is 0 Å². The Labute approximate surface area is 144 Å². The normalized spacial score (nSPS) is 13.1. The molecule has 122 valence electrons. The van der Waals surface area contributed by atoms with E-state index in [1.165, 1.54) is 34.8 Å². The van der Waals surface area contributed by atoms with Crippen molar-refractivity contribution >= 4 is 31.6 Å². The lowest BCUT2D eigenvalue weighted by Gasteiger charge is -2.22. The van der Waals surface area contributed by atoms with Gasteiger partial charge in [0.1, 0.15) is 5.01 Å². The molecule has 0 radical (unpaired) electrons. The van der Waals surface area contributed by atoms with Crippen LogP contribution >= 0.6 is 11.3 Å². The highest BCUT2D eigenvalue weighted by Gasteiger charge is 2.28. The first-order chi connectivity index (χ1) is 11.4. The van der Waals surface area contributed by atoms with Crippen LogP contribution < -0.4 is 0 Å². The first-order valence-electron chi connectivity index (χ1n) is 7.27. The highest BCUT2D eigenvalue weighted by atomic mass is 32.2. The third-order valence-electron chi connectivity index (χ3n) is 3.85. The van der Waals surface area contributed by atoms with Gasteiger partial charge in [-0.1, -0.05) is 18.2 Å². The number of rotatable bonds is 4. The molecule has 24 heavy (non-hydrogen) atoms. The second kappa shape index (κ2) is 6.32. The minimum atomic E-state index is -3.71. The number of nitrogens with zero attached hydrogens (tertiary/aromatic N) is 3. The van der Waals surface area contributed by atoms with Gasteiger partial charge in [0.15, 0.2) is 0 Å². The molecular weight excluding hydrogens is 342 g/mol. The maximum Gasteiger partial charge on any atom is 0.243 e. The van der Waals surface area contributed by atoms with E-state index >= 15 is 0 Å². The molecule has 0 aliphatic carbocycles. The Bertz CT molecular complexity index is 1000. The van der Waals surface area contributed by atoms with Gasteiger partial charge in [-0.05, 0) is 37.3 Å². The van der Waals surface area contributed by atoms with Crippen molar-refractivity contribution in [3.05, 3.63) is 59.1 Å². The van der Waals surface area contributed by atoms with Crippen LogP contribution in [0.15, 0.2) is 53.4 Å². The summed E-state index contributed by atoms with van der Waals surface area (Å²) in [6.45, 7) is 1.81. The SMILES string of the molecule is CC(c1nc2ccccc2s1)N(C)S(=O)(=O)c1cccc(C#N)c1. The molecular formula is C17H15N3O2S2. The Hall–Kier alpha value is -2.27. The summed E-state index contributed by atoms with van der Waals surface area (Å²) in [6, 6.07) is 15.3. The fourth-order valence-corrected chi connectivity index (χ4v) is 4.83. The van der Waals surface area contributed by atoms with E-state index in [2.05, 4.69) is 4.98 Å². The molecule has 0 spiro atoms. The standard InChI is InChI=1S/C17H15N3O2S2/c1-12(17-19-15-8-3-4-9-16(15)23-17)20(2)24(21,22)14-7-5-6-13(10-14)11-18/h3-10,12H,1-2H3. The van der Waals surface area contributed by atoms with E-state index in [4.69, 9.17) is 5.26 Å². The van der Waals surface area contributed by atoms with E-state index in [1.54, 1.807) is 12.1 Å². The van der Waals surface area contributed by atoms with E-state index in [1.807, 2.05) is 37.3 Å². The first-order valence-corrected chi connectivity index (χ1v) is 9.53. The van der Waals surface area contributed by atoms with Crippen LogP contribution in [-0.4, -0.2) is 24.8 Å². The Morgan fingerprint density at radius 3 is 2.67 bits per heavy atom. The van der Waals surface area contributed by atoms with Gasteiger partial charge in [-0.25, -0.2) is 13.4 Å². The molecule has 0 N–H and O–H groups in total. The molecule has 0 amide bonds. The van der Waals surface area contributed by atoms with Gasteiger partial charge >= 0.3 is 0 Å². The van der Waals surface area contributed by atoms with Crippen molar-refractivity contribution in [3.8, 4) is 6.07 Å². The van der Waals surface area contributed by atoms with Crippen molar-refractivity contribution in [2.24, 2.45) is 0 Å². The van der Waals surface area contributed by atoms with Crippen LogP contribution in [0.3, 0.4) is 0 Å². The van der Waals surface area contributed by atoms with Crippen molar-refractivity contribution in [1.29, 1.82) is 5.26 Å². The summed E-state index contributed by atoms with van der Waals surface area (Å²) < 4.78 is 28.0. The fourth-order valence-electron chi connectivity index (χ4n) is 2.32. The summed E-state index contributed by atoms with van der Waals surface area (Å²) in [5.74, 6) is 0.